The van der Waals surface area contributed by atoms with E-state index >= 15 is 0 Å². The fourth-order valence-electron chi connectivity index (χ4n) is 2.90. The number of hydrogen-bond donors (Lipinski definition) is 1. The minimum absolute atomic E-state index is 0.0720. The number of aromatic nitrogens is 2. The first kappa shape index (κ1) is 14.9. The predicted octanol–water partition coefficient (Wildman–Crippen LogP) is 2.64. The molecule has 1 saturated heterocycles. The van der Waals surface area contributed by atoms with E-state index in [2.05, 4.69) is 41.9 Å². The molecular formula is C15H26N4O. The third-order valence-electron chi connectivity index (χ3n) is 4.15. The zero-order valence-corrected chi connectivity index (χ0v) is 13.0. The molecular weight excluding hydrogens is 252 g/mol. The maximum atomic E-state index is 12.2. The van der Waals surface area contributed by atoms with Crippen molar-refractivity contribution < 1.29 is 4.79 Å². The fraction of sp³-hybridized carbons (Fsp3) is 0.733. The lowest BCUT2D eigenvalue weighted by Gasteiger charge is -2.22. The Kier molecular flexibility index (Phi) is 4.68. The van der Waals surface area contributed by atoms with E-state index < -0.39 is 0 Å². The van der Waals surface area contributed by atoms with Gasteiger partial charge in [-0.15, -0.1) is 0 Å². The van der Waals surface area contributed by atoms with Crippen molar-refractivity contribution in [3.63, 3.8) is 0 Å². The molecule has 0 bridgehead atoms. The van der Waals surface area contributed by atoms with E-state index in [-0.39, 0.29) is 12.1 Å². The Labute approximate surface area is 121 Å². The van der Waals surface area contributed by atoms with Crippen molar-refractivity contribution in [1.82, 2.24) is 20.0 Å². The largest absolute Gasteiger partial charge is 0.335 e. The number of carbonyl (C=O) groups is 1. The van der Waals surface area contributed by atoms with Gasteiger partial charge in [-0.05, 0) is 39.2 Å². The van der Waals surface area contributed by atoms with Crippen LogP contribution in [0.3, 0.4) is 0 Å². The molecule has 0 unspecified atom stereocenters. The summed E-state index contributed by atoms with van der Waals surface area (Å²) in [5, 5.41) is 7.65. The van der Waals surface area contributed by atoms with Crippen LogP contribution < -0.4 is 5.32 Å². The molecule has 5 heteroatoms. The zero-order chi connectivity index (χ0) is 14.7. The second-order valence-electron chi connectivity index (χ2n) is 5.72. The number of nitrogens with zero attached hydrogens (tertiary/aromatic N) is 3. The highest BCUT2D eigenvalue weighted by Gasteiger charge is 2.29. The molecule has 1 aromatic heterocycles. The molecule has 1 aliphatic rings. The van der Waals surface area contributed by atoms with Crippen molar-refractivity contribution in [2.75, 3.05) is 13.1 Å². The van der Waals surface area contributed by atoms with Crippen LogP contribution in [0.2, 0.25) is 0 Å². The van der Waals surface area contributed by atoms with E-state index in [1.807, 2.05) is 11.8 Å². The molecule has 0 aromatic carbocycles. The van der Waals surface area contributed by atoms with Crippen LogP contribution in [-0.2, 0) is 0 Å². The summed E-state index contributed by atoms with van der Waals surface area (Å²) >= 11 is 0. The highest BCUT2D eigenvalue weighted by atomic mass is 16.2. The summed E-state index contributed by atoms with van der Waals surface area (Å²) in [7, 11) is 0. The van der Waals surface area contributed by atoms with E-state index in [0.29, 0.717) is 6.04 Å². The molecule has 0 radical (unpaired) electrons. The van der Waals surface area contributed by atoms with Crippen LogP contribution in [0.25, 0.3) is 0 Å². The number of rotatable bonds is 4. The monoisotopic (exact) mass is 278 g/mol. The lowest BCUT2D eigenvalue weighted by atomic mass is 10.2. The maximum Gasteiger partial charge on any atom is 0.317 e. The van der Waals surface area contributed by atoms with Crippen molar-refractivity contribution in [1.29, 1.82) is 0 Å². The van der Waals surface area contributed by atoms with Gasteiger partial charge in [0.25, 0.3) is 0 Å². The van der Waals surface area contributed by atoms with Gasteiger partial charge in [-0.3, -0.25) is 4.68 Å². The van der Waals surface area contributed by atoms with Gasteiger partial charge in [0.05, 0.1) is 11.7 Å². The average molecular weight is 278 g/mol. The van der Waals surface area contributed by atoms with Crippen molar-refractivity contribution in [2.45, 2.75) is 59.0 Å². The molecule has 2 rings (SSSR count). The lowest BCUT2D eigenvalue weighted by molar-refractivity contribution is 0.201. The number of aryl methyl sites for hydroxylation is 2. The van der Waals surface area contributed by atoms with Crippen molar-refractivity contribution >= 4 is 6.03 Å². The number of likely N-dealkylation sites (tertiary alicyclic amines) is 1. The summed E-state index contributed by atoms with van der Waals surface area (Å²) in [6, 6.07) is 2.77. The van der Waals surface area contributed by atoms with Crippen LogP contribution >= 0.6 is 0 Å². The van der Waals surface area contributed by atoms with E-state index in [1.54, 1.807) is 0 Å². The summed E-state index contributed by atoms with van der Waals surface area (Å²) in [5.41, 5.74) is 2.22. The first-order valence-corrected chi connectivity index (χ1v) is 7.63. The topological polar surface area (TPSA) is 50.2 Å². The van der Waals surface area contributed by atoms with Gasteiger partial charge in [-0.1, -0.05) is 13.8 Å². The minimum atomic E-state index is 0.0720. The Morgan fingerprint density at radius 2 is 2.15 bits per heavy atom. The molecule has 0 saturated carbocycles. The second-order valence-corrected chi connectivity index (χ2v) is 5.72. The number of urea groups is 1. The highest BCUT2D eigenvalue weighted by molar-refractivity contribution is 5.74. The quantitative estimate of drug-likeness (QED) is 0.920. The van der Waals surface area contributed by atoms with Crippen LogP contribution in [0, 0.1) is 13.8 Å². The molecule has 1 atom stereocenters. The highest BCUT2D eigenvalue weighted by Crippen LogP contribution is 2.23. The van der Waals surface area contributed by atoms with Crippen molar-refractivity contribution in [2.24, 2.45) is 0 Å². The van der Waals surface area contributed by atoms with E-state index in [9.17, 15) is 4.79 Å². The van der Waals surface area contributed by atoms with Crippen LogP contribution in [-0.4, -0.2) is 39.8 Å². The summed E-state index contributed by atoms with van der Waals surface area (Å²) in [6.07, 6.45) is 2.95. The van der Waals surface area contributed by atoms with Gasteiger partial charge in [-0.25, -0.2) is 4.79 Å². The Morgan fingerprint density at radius 1 is 1.45 bits per heavy atom. The molecule has 5 nitrogen and oxygen atoms in total. The minimum Gasteiger partial charge on any atom is -0.335 e. The Bertz CT molecular complexity index is 464. The van der Waals surface area contributed by atoms with E-state index in [0.717, 1.165) is 38.0 Å². The lowest BCUT2D eigenvalue weighted by Crippen LogP contribution is -2.43. The van der Waals surface area contributed by atoms with Gasteiger partial charge in [-0.2, -0.15) is 5.10 Å². The molecule has 2 amide bonds. The molecule has 20 heavy (non-hydrogen) atoms. The molecule has 1 fully saturated rings. The van der Waals surface area contributed by atoms with Crippen molar-refractivity contribution in [3.8, 4) is 0 Å². The number of carbonyl (C=O) groups excluding carboxylic acids is 1. The van der Waals surface area contributed by atoms with Gasteiger partial charge in [0.1, 0.15) is 0 Å². The Morgan fingerprint density at radius 3 is 2.70 bits per heavy atom. The molecule has 112 valence electrons. The SMILES string of the molecule is CCC(CC)NC(=O)N1CC[C@H](n2nc(C)cc2C)C1. The van der Waals surface area contributed by atoms with E-state index in [4.69, 9.17) is 0 Å². The standard InChI is InChI=1S/C15H26N4O/c1-5-13(6-2)16-15(20)18-8-7-14(10-18)19-12(4)9-11(3)17-19/h9,13-14H,5-8,10H2,1-4H3,(H,16,20)/t14-/m0/s1. The second kappa shape index (κ2) is 6.29. The number of nitrogens with one attached hydrogen (secondary N) is 1. The Balaban J connectivity index is 1.95. The molecule has 2 heterocycles. The van der Waals surface area contributed by atoms with Gasteiger partial charge >= 0.3 is 6.03 Å². The molecule has 0 spiro atoms. The fourth-order valence-corrected chi connectivity index (χ4v) is 2.90. The normalized spacial score (nSPS) is 18.9. The van der Waals surface area contributed by atoms with Crippen LogP contribution in [0.4, 0.5) is 4.79 Å². The first-order chi connectivity index (χ1) is 9.55. The van der Waals surface area contributed by atoms with Crippen LogP contribution in [0.15, 0.2) is 6.07 Å². The molecule has 1 aliphatic heterocycles. The number of hydrogen-bond acceptors (Lipinski definition) is 2. The molecule has 0 aliphatic carbocycles. The average Bonchev–Trinajstić information content (AvgIpc) is 3.02. The van der Waals surface area contributed by atoms with Gasteiger partial charge in [0, 0.05) is 24.8 Å². The van der Waals surface area contributed by atoms with Crippen molar-refractivity contribution in [3.05, 3.63) is 17.5 Å². The third-order valence-corrected chi connectivity index (χ3v) is 4.15. The summed E-state index contributed by atoms with van der Waals surface area (Å²) in [5.74, 6) is 0. The van der Waals surface area contributed by atoms with Gasteiger partial charge in [0.15, 0.2) is 0 Å². The van der Waals surface area contributed by atoms with E-state index in [1.165, 1.54) is 5.69 Å². The van der Waals surface area contributed by atoms with Crippen LogP contribution in [0.5, 0.6) is 0 Å². The van der Waals surface area contributed by atoms with Crippen LogP contribution in [0.1, 0.15) is 50.5 Å². The summed E-state index contributed by atoms with van der Waals surface area (Å²) in [4.78, 5) is 14.1. The van der Waals surface area contributed by atoms with Gasteiger partial charge in [0.2, 0.25) is 0 Å². The predicted molar refractivity (Wildman–Crippen MR) is 79.8 cm³/mol. The van der Waals surface area contributed by atoms with Gasteiger partial charge < -0.3 is 10.2 Å². The third kappa shape index (κ3) is 3.14. The maximum absolute atomic E-state index is 12.2. The number of amides is 2. The first-order valence-electron chi connectivity index (χ1n) is 7.63. The Hall–Kier alpha value is -1.52. The summed E-state index contributed by atoms with van der Waals surface area (Å²) < 4.78 is 2.07. The molecule has 1 N–H and O–H groups in total. The smallest absolute Gasteiger partial charge is 0.317 e. The molecule has 1 aromatic rings. The zero-order valence-electron chi connectivity index (χ0n) is 13.0. The summed E-state index contributed by atoms with van der Waals surface area (Å²) in [6.45, 7) is 9.88.